The number of nitrogens with zero attached hydrogens (tertiary/aromatic N) is 1. The van der Waals surface area contributed by atoms with Crippen molar-refractivity contribution >= 4 is 11.9 Å². The predicted octanol–water partition coefficient (Wildman–Crippen LogP) is 1.09. The van der Waals surface area contributed by atoms with Crippen molar-refractivity contribution < 1.29 is 23.5 Å². The van der Waals surface area contributed by atoms with Gasteiger partial charge in [-0.15, -0.1) is 0 Å². The van der Waals surface area contributed by atoms with Gasteiger partial charge in [0.25, 0.3) is 0 Å². The zero-order valence-electron chi connectivity index (χ0n) is 13.3. The molecule has 1 heterocycles. The molecular formula is C16H21FN2O4. The van der Waals surface area contributed by atoms with Crippen molar-refractivity contribution in [1.29, 1.82) is 0 Å². The Balaban J connectivity index is 2.11. The molecule has 6 nitrogen and oxygen atoms in total. The van der Waals surface area contributed by atoms with Crippen LogP contribution < -0.4 is 10.1 Å². The van der Waals surface area contributed by atoms with Gasteiger partial charge in [-0.25, -0.2) is 4.39 Å². The van der Waals surface area contributed by atoms with Crippen LogP contribution in [0.2, 0.25) is 0 Å². The number of hydrogen-bond donors (Lipinski definition) is 1. The summed E-state index contributed by atoms with van der Waals surface area (Å²) >= 11 is 0. The van der Waals surface area contributed by atoms with E-state index in [1.165, 1.54) is 13.2 Å². The molecule has 1 aliphatic rings. The van der Waals surface area contributed by atoms with Crippen LogP contribution in [0.15, 0.2) is 18.2 Å². The Hall–Kier alpha value is -2.15. The maximum absolute atomic E-state index is 14.1. The zero-order chi connectivity index (χ0) is 16.8. The van der Waals surface area contributed by atoms with E-state index in [4.69, 9.17) is 9.47 Å². The van der Waals surface area contributed by atoms with Crippen LogP contribution in [0.25, 0.3) is 0 Å². The van der Waals surface area contributed by atoms with Gasteiger partial charge in [0.05, 0.1) is 20.1 Å². The minimum atomic E-state index is -0.649. The Morgan fingerprint density at radius 1 is 1.48 bits per heavy atom. The van der Waals surface area contributed by atoms with Crippen LogP contribution in [0.4, 0.5) is 4.39 Å². The lowest BCUT2D eigenvalue weighted by Gasteiger charge is -2.34. The van der Waals surface area contributed by atoms with Gasteiger partial charge >= 0.3 is 5.97 Å². The maximum Gasteiger partial charge on any atom is 0.307 e. The number of ether oxygens (including phenoxy) is 2. The highest BCUT2D eigenvalue weighted by atomic mass is 19.1. The molecule has 23 heavy (non-hydrogen) atoms. The normalized spacial score (nSPS) is 18.4. The summed E-state index contributed by atoms with van der Waals surface area (Å²) in [6.07, 6.45) is -0.0442. The van der Waals surface area contributed by atoms with Crippen LogP contribution in [-0.4, -0.2) is 49.6 Å². The second-order valence-electron chi connectivity index (χ2n) is 5.24. The van der Waals surface area contributed by atoms with Gasteiger partial charge in [-0.05, 0) is 13.0 Å². The molecule has 0 saturated carbocycles. The van der Waals surface area contributed by atoms with Crippen molar-refractivity contribution in [3.8, 4) is 5.75 Å². The molecule has 1 atom stereocenters. The van der Waals surface area contributed by atoms with Gasteiger partial charge in [0.2, 0.25) is 5.91 Å². The molecule has 7 heteroatoms. The molecule has 2 rings (SSSR count). The standard InChI is InChI=1S/C16H21FN2O4/c1-3-23-15(20)9-14-16(21)18-6-7-19(14)10-11-4-5-12(22-2)8-13(11)17/h4-5,8,14H,3,6-7,9-10H2,1-2H3,(H,18,21). The Bertz CT molecular complexity index is 579. The quantitative estimate of drug-likeness (QED) is 0.794. The van der Waals surface area contributed by atoms with E-state index >= 15 is 0 Å². The lowest BCUT2D eigenvalue weighted by atomic mass is 10.1. The molecule has 1 aliphatic heterocycles. The van der Waals surface area contributed by atoms with Crippen LogP contribution in [0, 0.1) is 5.82 Å². The highest BCUT2D eigenvalue weighted by Crippen LogP contribution is 2.20. The summed E-state index contributed by atoms with van der Waals surface area (Å²) in [4.78, 5) is 25.5. The maximum atomic E-state index is 14.1. The number of rotatable bonds is 6. The number of nitrogens with one attached hydrogen (secondary N) is 1. The molecular weight excluding hydrogens is 303 g/mol. The predicted molar refractivity (Wildman–Crippen MR) is 81.4 cm³/mol. The smallest absolute Gasteiger partial charge is 0.307 e. The third-order valence-corrected chi connectivity index (χ3v) is 3.74. The average molecular weight is 324 g/mol. The average Bonchev–Trinajstić information content (AvgIpc) is 2.52. The van der Waals surface area contributed by atoms with Crippen molar-refractivity contribution in [3.63, 3.8) is 0 Å². The van der Waals surface area contributed by atoms with Crippen LogP contribution in [0.3, 0.4) is 0 Å². The van der Waals surface area contributed by atoms with E-state index in [0.717, 1.165) is 0 Å². The zero-order valence-corrected chi connectivity index (χ0v) is 13.3. The lowest BCUT2D eigenvalue weighted by molar-refractivity contribution is -0.148. The molecule has 0 aromatic heterocycles. The summed E-state index contributed by atoms with van der Waals surface area (Å²) in [7, 11) is 1.47. The van der Waals surface area contributed by atoms with Crippen LogP contribution >= 0.6 is 0 Å². The van der Waals surface area contributed by atoms with Gasteiger partial charge in [-0.3, -0.25) is 14.5 Å². The molecule has 1 fully saturated rings. The molecule has 0 radical (unpaired) electrons. The van der Waals surface area contributed by atoms with Gasteiger partial charge in [0, 0.05) is 31.3 Å². The second kappa shape index (κ2) is 7.92. The first kappa shape index (κ1) is 17.2. The molecule has 1 saturated heterocycles. The van der Waals surface area contributed by atoms with E-state index in [1.54, 1.807) is 24.0 Å². The monoisotopic (exact) mass is 324 g/mol. The van der Waals surface area contributed by atoms with Crippen LogP contribution in [-0.2, 0) is 20.9 Å². The fourth-order valence-corrected chi connectivity index (χ4v) is 2.55. The summed E-state index contributed by atoms with van der Waals surface area (Å²) in [5, 5.41) is 2.73. The second-order valence-corrected chi connectivity index (χ2v) is 5.24. The first-order valence-electron chi connectivity index (χ1n) is 7.55. The van der Waals surface area contributed by atoms with Gasteiger partial charge < -0.3 is 14.8 Å². The first-order valence-corrected chi connectivity index (χ1v) is 7.55. The fourth-order valence-electron chi connectivity index (χ4n) is 2.55. The minimum absolute atomic E-state index is 0.0442. The van der Waals surface area contributed by atoms with Crippen LogP contribution in [0.1, 0.15) is 18.9 Å². The van der Waals surface area contributed by atoms with Crippen LogP contribution in [0.5, 0.6) is 5.75 Å². The lowest BCUT2D eigenvalue weighted by Crippen LogP contribution is -2.55. The number of hydrogen-bond acceptors (Lipinski definition) is 5. The molecule has 0 aliphatic carbocycles. The number of methoxy groups -OCH3 is 1. The molecule has 0 spiro atoms. The highest BCUT2D eigenvalue weighted by Gasteiger charge is 2.32. The topological polar surface area (TPSA) is 67.9 Å². The minimum Gasteiger partial charge on any atom is -0.497 e. The molecule has 126 valence electrons. The third kappa shape index (κ3) is 4.41. The molecule has 1 aromatic rings. The fraction of sp³-hybridized carbons (Fsp3) is 0.500. The number of esters is 1. The van der Waals surface area contributed by atoms with E-state index in [0.29, 0.717) is 24.4 Å². The Morgan fingerprint density at radius 3 is 2.91 bits per heavy atom. The highest BCUT2D eigenvalue weighted by molar-refractivity contribution is 5.87. The summed E-state index contributed by atoms with van der Waals surface area (Å²) in [6, 6.07) is 3.95. The number of amides is 1. The first-order chi connectivity index (χ1) is 11.0. The number of piperazine rings is 1. The number of carbonyl (C=O) groups is 2. The number of halogens is 1. The molecule has 1 amide bonds. The van der Waals surface area contributed by atoms with Crippen molar-refractivity contribution in [2.75, 3.05) is 26.8 Å². The van der Waals surface area contributed by atoms with Gasteiger partial charge in [0.1, 0.15) is 17.6 Å². The summed E-state index contributed by atoms with van der Waals surface area (Å²) in [6.45, 7) is 3.23. The van der Waals surface area contributed by atoms with Gasteiger partial charge in [0.15, 0.2) is 0 Å². The van der Waals surface area contributed by atoms with Gasteiger partial charge in [-0.1, -0.05) is 6.07 Å². The Kier molecular flexibility index (Phi) is 5.92. The third-order valence-electron chi connectivity index (χ3n) is 3.74. The van der Waals surface area contributed by atoms with E-state index < -0.39 is 17.8 Å². The molecule has 0 bridgehead atoms. The van der Waals surface area contributed by atoms with E-state index in [1.807, 2.05) is 0 Å². The summed E-state index contributed by atoms with van der Waals surface area (Å²) in [5.41, 5.74) is 0.453. The largest absolute Gasteiger partial charge is 0.497 e. The van der Waals surface area contributed by atoms with Crippen molar-refractivity contribution in [3.05, 3.63) is 29.6 Å². The van der Waals surface area contributed by atoms with E-state index in [9.17, 15) is 14.0 Å². The van der Waals surface area contributed by atoms with E-state index in [2.05, 4.69) is 5.32 Å². The summed E-state index contributed by atoms with van der Waals surface area (Å²) < 4.78 is 24.0. The molecule has 1 aromatic carbocycles. The van der Waals surface area contributed by atoms with E-state index in [-0.39, 0.29) is 25.5 Å². The number of carbonyl (C=O) groups excluding carboxylic acids is 2. The van der Waals surface area contributed by atoms with Crippen molar-refractivity contribution in [2.24, 2.45) is 0 Å². The van der Waals surface area contributed by atoms with Crippen molar-refractivity contribution in [2.45, 2.75) is 25.9 Å². The van der Waals surface area contributed by atoms with Crippen molar-refractivity contribution in [1.82, 2.24) is 10.2 Å². The molecule has 1 unspecified atom stereocenters. The Labute approximate surface area is 134 Å². The number of benzene rings is 1. The molecule has 1 N–H and O–H groups in total. The van der Waals surface area contributed by atoms with Gasteiger partial charge in [-0.2, -0.15) is 0 Å². The SMILES string of the molecule is CCOC(=O)CC1C(=O)NCCN1Cc1ccc(OC)cc1F. The Morgan fingerprint density at radius 2 is 2.26 bits per heavy atom. The summed E-state index contributed by atoms with van der Waals surface area (Å²) in [5.74, 6) is -0.635.